The van der Waals surface area contributed by atoms with Crippen LogP contribution in [-0.4, -0.2) is 22.5 Å². The van der Waals surface area contributed by atoms with Gasteiger partial charge in [-0.25, -0.2) is 0 Å². The Morgan fingerprint density at radius 1 is 1.38 bits per heavy atom. The first-order chi connectivity index (χ1) is 9.91. The van der Waals surface area contributed by atoms with Crippen LogP contribution in [0.15, 0.2) is 24.3 Å². The van der Waals surface area contributed by atoms with Crippen LogP contribution in [0.5, 0.6) is 0 Å². The van der Waals surface area contributed by atoms with Crippen molar-refractivity contribution in [2.45, 2.75) is 25.3 Å². The van der Waals surface area contributed by atoms with Crippen LogP contribution in [0.25, 0.3) is 10.1 Å². The lowest BCUT2D eigenvalue weighted by Crippen LogP contribution is -2.44. The fourth-order valence-electron chi connectivity index (χ4n) is 2.44. The van der Waals surface area contributed by atoms with E-state index in [0.717, 1.165) is 10.1 Å². The molecular weight excluding hydrogens is 310 g/mol. The quantitative estimate of drug-likeness (QED) is 0.904. The van der Waals surface area contributed by atoms with Gasteiger partial charge in [0, 0.05) is 9.72 Å². The lowest BCUT2D eigenvalue weighted by molar-refractivity contribution is -0.142. The predicted octanol–water partition coefficient (Wildman–Crippen LogP) is 3.54. The van der Waals surface area contributed by atoms with Crippen LogP contribution < -0.4 is 5.32 Å². The summed E-state index contributed by atoms with van der Waals surface area (Å²) in [4.78, 5) is 24.1. The standard InChI is InChI=1S/C15H14ClNO3S/c1-8(14(19)20)15(4-5-15)17-13(18)12-6-9-2-3-10(16)7-11(9)21-12/h2-3,6-8H,4-5H2,1H3,(H,17,18)(H,19,20). The second-order valence-corrected chi connectivity index (χ2v) is 6.98. The molecule has 1 atom stereocenters. The largest absolute Gasteiger partial charge is 0.481 e. The highest BCUT2D eigenvalue weighted by Crippen LogP contribution is 2.43. The number of carbonyl (C=O) groups excluding carboxylic acids is 1. The molecule has 110 valence electrons. The molecule has 0 saturated heterocycles. The van der Waals surface area contributed by atoms with E-state index >= 15 is 0 Å². The van der Waals surface area contributed by atoms with Crippen molar-refractivity contribution in [2.24, 2.45) is 5.92 Å². The van der Waals surface area contributed by atoms with Crippen molar-refractivity contribution in [3.05, 3.63) is 34.2 Å². The Balaban J connectivity index is 1.83. The third kappa shape index (κ3) is 2.63. The van der Waals surface area contributed by atoms with Gasteiger partial charge in [-0.3, -0.25) is 9.59 Å². The van der Waals surface area contributed by atoms with Gasteiger partial charge in [0.15, 0.2) is 0 Å². The smallest absolute Gasteiger partial charge is 0.308 e. The van der Waals surface area contributed by atoms with Gasteiger partial charge in [-0.15, -0.1) is 11.3 Å². The number of carboxylic acids is 1. The number of benzene rings is 1. The highest BCUT2D eigenvalue weighted by atomic mass is 35.5. The number of thiophene rings is 1. The van der Waals surface area contributed by atoms with Crippen LogP contribution in [-0.2, 0) is 4.79 Å². The number of rotatable bonds is 4. The van der Waals surface area contributed by atoms with E-state index in [0.29, 0.717) is 22.7 Å². The average molecular weight is 324 g/mol. The Kier molecular flexibility index (Phi) is 3.42. The Morgan fingerprint density at radius 3 is 2.71 bits per heavy atom. The number of nitrogens with one attached hydrogen (secondary N) is 1. The van der Waals surface area contributed by atoms with Crippen LogP contribution in [0.2, 0.25) is 5.02 Å². The van der Waals surface area contributed by atoms with Gasteiger partial charge in [-0.2, -0.15) is 0 Å². The second-order valence-electron chi connectivity index (χ2n) is 5.46. The molecule has 1 aromatic heterocycles. The maximum absolute atomic E-state index is 12.4. The summed E-state index contributed by atoms with van der Waals surface area (Å²) in [6.07, 6.45) is 1.42. The molecule has 0 spiro atoms. The van der Waals surface area contributed by atoms with Gasteiger partial charge in [0.05, 0.1) is 16.3 Å². The summed E-state index contributed by atoms with van der Waals surface area (Å²) in [7, 11) is 0. The van der Waals surface area contributed by atoms with Crippen LogP contribution >= 0.6 is 22.9 Å². The zero-order valence-corrected chi connectivity index (χ0v) is 12.9. The van der Waals surface area contributed by atoms with E-state index in [1.54, 1.807) is 13.0 Å². The van der Waals surface area contributed by atoms with Crippen LogP contribution in [0.1, 0.15) is 29.4 Å². The molecule has 4 nitrogen and oxygen atoms in total. The van der Waals surface area contributed by atoms with E-state index < -0.39 is 17.4 Å². The Hall–Kier alpha value is -1.59. The topological polar surface area (TPSA) is 66.4 Å². The molecule has 0 aliphatic heterocycles. The van der Waals surface area contributed by atoms with Gasteiger partial charge in [0.25, 0.3) is 5.91 Å². The summed E-state index contributed by atoms with van der Waals surface area (Å²) in [6, 6.07) is 7.29. The zero-order valence-electron chi connectivity index (χ0n) is 11.4. The first kappa shape index (κ1) is 14.4. The fourth-order valence-corrected chi connectivity index (χ4v) is 3.68. The van der Waals surface area contributed by atoms with E-state index in [4.69, 9.17) is 16.7 Å². The third-order valence-corrected chi connectivity index (χ3v) is 5.39. The second kappa shape index (κ2) is 5.00. The summed E-state index contributed by atoms with van der Waals surface area (Å²) < 4.78 is 0.948. The van der Waals surface area contributed by atoms with Crippen LogP contribution in [0.4, 0.5) is 0 Å². The van der Waals surface area contributed by atoms with Crippen molar-refractivity contribution >= 4 is 44.9 Å². The monoisotopic (exact) mass is 323 g/mol. The van der Waals surface area contributed by atoms with Crippen molar-refractivity contribution in [3.8, 4) is 0 Å². The molecule has 6 heteroatoms. The highest BCUT2D eigenvalue weighted by molar-refractivity contribution is 7.20. The molecule has 1 unspecified atom stereocenters. The number of carboxylic acid groups (broad SMARTS) is 1. The fraction of sp³-hybridized carbons (Fsp3) is 0.333. The van der Waals surface area contributed by atoms with E-state index in [1.807, 2.05) is 18.2 Å². The van der Waals surface area contributed by atoms with Crippen molar-refractivity contribution in [2.75, 3.05) is 0 Å². The number of amides is 1. The zero-order chi connectivity index (χ0) is 15.2. The molecule has 1 amide bonds. The Morgan fingerprint density at radius 2 is 2.10 bits per heavy atom. The van der Waals surface area contributed by atoms with Crippen molar-refractivity contribution in [3.63, 3.8) is 0 Å². The Labute approximate surface area is 130 Å². The molecule has 21 heavy (non-hydrogen) atoms. The average Bonchev–Trinajstić information content (AvgIpc) is 3.08. The molecule has 0 bridgehead atoms. The summed E-state index contributed by atoms with van der Waals surface area (Å²) in [5.74, 6) is -1.67. The van der Waals surface area contributed by atoms with Crippen LogP contribution in [0, 0.1) is 5.92 Å². The number of carbonyl (C=O) groups is 2. The summed E-state index contributed by atoms with van der Waals surface area (Å²) in [5, 5.41) is 13.6. The lowest BCUT2D eigenvalue weighted by Gasteiger charge is -2.21. The molecule has 2 N–H and O–H groups in total. The molecule has 0 radical (unpaired) electrons. The van der Waals surface area contributed by atoms with Gasteiger partial charge in [0.2, 0.25) is 0 Å². The van der Waals surface area contributed by atoms with Crippen molar-refractivity contribution in [1.82, 2.24) is 5.32 Å². The summed E-state index contributed by atoms with van der Waals surface area (Å²) in [6.45, 7) is 1.64. The molecule has 1 heterocycles. The molecule has 1 aliphatic rings. The molecule has 1 aromatic carbocycles. The maximum Gasteiger partial charge on any atom is 0.308 e. The minimum Gasteiger partial charge on any atom is -0.481 e. The number of fused-ring (bicyclic) bond motifs is 1. The first-order valence-corrected chi connectivity index (χ1v) is 7.85. The third-order valence-electron chi connectivity index (χ3n) is 4.06. The predicted molar refractivity (Wildman–Crippen MR) is 83.1 cm³/mol. The van der Waals surface area contributed by atoms with Crippen molar-refractivity contribution in [1.29, 1.82) is 0 Å². The maximum atomic E-state index is 12.4. The molecule has 1 saturated carbocycles. The number of aliphatic carboxylic acids is 1. The van der Waals surface area contributed by atoms with Gasteiger partial charge >= 0.3 is 5.97 Å². The van der Waals surface area contributed by atoms with Gasteiger partial charge < -0.3 is 10.4 Å². The van der Waals surface area contributed by atoms with E-state index in [1.165, 1.54) is 11.3 Å². The lowest BCUT2D eigenvalue weighted by atomic mass is 9.99. The van der Waals surface area contributed by atoms with Gasteiger partial charge in [0.1, 0.15) is 0 Å². The van der Waals surface area contributed by atoms with E-state index in [-0.39, 0.29) is 5.91 Å². The SMILES string of the molecule is CC(C(=O)O)C1(NC(=O)c2cc3ccc(Cl)cc3s2)CC1. The first-order valence-electron chi connectivity index (χ1n) is 6.66. The normalized spacial score (nSPS) is 17.4. The summed E-state index contributed by atoms with van der Waals surface area (Å²) >= 11 is 7.31. The minimum atomic E-state index is -0.879. The summed E-state index contributed by atoms with van der Waals surface area (Å²) in [5.41, 5.74) is -0.587. The van der Waals surface area contributed by atoms with E-state index in [2.05, 4.69) is 5.32 Å². The molecular formula is C15H14ClNO3S. The molecule has 1 fully saturated rings. The van der Waals surface area contributed by atoms with Crippen molar-refractivity contribution < 1.29 is 14.7 Å². The van der Waals surface area contributed by atoms with Gasteiger partial charge in [-0.1, -0.05) is 17.7 Å². The Bertz CT molecular complexity index is 736. The van der Waals surface area contributed by atoms with Gasteiger partial charge in [-0.05, 0) is 43.4 Å². The van der Waals surface area contributed by atoms with E-state index in [9.17, 15) is 9.59 Å². The minimum absolute atomic E-state index is 0.210. The molecule has 2 aromatic rings. The molecule has 3 rings (SSSR count). The highest BCUT2D eigenvalue weighted by Gasteiger charge is 2.51. The number of hydrogen-bond donors (Lipinski definition) is 2. The molecule has 1 aliphatic carbocycles. The number of hydrogen-bond acceptors (Lipinski definition) is 3. The van der Waals surface area contributed by atoms with Crippen LogP contribution in [0.3, 0.4) is 0 Å². The number of halogens is 1.